The normalized spacial score (nSPS) is 15.2. The number of hydrogen-bond donors (Lipinski definition) is 0. The van der Waals surface area contributed by atoms with Gasteiger partial charge >= 0.3 is 5.97 Å². The summed E-state index contributed by atoms with van der Waals surface area (Å²) in [5.74, 6) is 0.186. The van der Waals surface area contributed by atoms with Gasteiger partial charge in [0.05, 0.1) is 17.1 Å². The first-order valence-electron chi connectivity index (χ1n) is 6.52. The Morgan fingerprint density at radius 1 is 1.30 bits per heavy atom. The molecule has 4 nitrogen and oxygen atoms in total. The van der Waals surface area contributed by atoms with Crippen LogP contribution < -0.4 is 0 Å². The van der Waals surface area contributed by atoms with E-state index in [1.807, 2.05) is 0 Å². The van der Waals surface area contributed by atoms with Gasteiger partial charge in [0, 0.05) is 10.7 Å². The van der Waals surface area contributed by atoms with Crippen molar-refractivity contribution in [3.8, 4) is 0 Å². The summed E-state index contributed by atoms with van der Waals surface area (Å²) in [6.45, 7) is 3.76. The summed E-state index contributed by atoms with van der Waals surface area (Å²) in [5, 5.41) is 0. The molecule has 0 heterocycles. The van der Waals surface area contributed by atoms with Crippen molar-refractivity contribution in [2.75, 3.05) is 6.61 Å². The average molecular weight is 317 g/mol. The highest BCUT2D eigenvalue weighted by atomic mass is 35.7. The van der Waals surface area contributed by atoms with Crippen molar-refractivity contribution < 1.29 is 17.9 Å². The molecule has 0 aromatic heterocycles. The Hall–Kier alpha value is -1.07. The maximum atomic E-state index is 12.0. The van der Waals surface area contributed by atoms with Gasteiger partial charge in [-0.1, -0.05) is 18.9 Å². The third-order valence-corrected chi connectivity index (χ3v) is 4.92. The predicted molar refractivity (Wildman–Crippen MR) is 76.6 cm³/mol. The van der Waals surface area contributed by atoms with Gasteiger partial charge in [0.25, 0.3) is 9.05 Å². The van der Waals surface area contributed by atoms with Crippen LogP contribution >= 0.6 is 10.7 Å². The second-order valence-corrected chi connectivity index (χ2v) is 7.77. The molecule has 1 aliphatic rings. The first-order chi connectivity index (χ1) is 9.29. The first kappa shape index (κ1) is 15.3. The molecule has 6 heteroatoms. The lowest BCUT2D eigenvalue weighted by Gasteiger charge is -2.10. The molecule has 0 unspecified atom stereocenters. The van der Waals surface area contributed by atoms with E-state index in [-0.39, 0.29) is 10.5 Å². The lowest BCUT2D eigenvalue weighted by atomic mass is 10.1. The van der Waals surface area contributed by atoms with Crippen LogP contribution in [-0.2, 0) is 13.8 Å². The molecule has 0 bridgehead atoms. The number of rotatable bonds is 5. The van der Waals surface area contributed by atoms with Gasteiger partial charge in [-0.25, -0.2) is 13.2 Å². The number of benzene rings is 1. The molecule has 2 rings (SSSR count). The Morgan fingerprint density at radius 2 is 1.95 bits per heavy atom. The van der Waals surface area contributed by atoms with Crippen molar-refractivity contribution in [3.05, 3.63) is 28.8 Å². The molecule has 0 atom stereocenters. The zero-order chi connectivity index (χ0) is 14.9. The number of esters is 1. The first-order valence-corrected chi connectivity index (χ1v) is 8.83. The molecule has 0 radical (unpaired) electrons. The summed E-state index contributed by atoms with van der Waals surface area (Å²) < 4.78 is 28.1. The fraction of sp³-hybridized carbons (Fsp3) is 0.500. The van der Waals surface area contributed by atoms with Crippen LogP contribution in [0.2, 0.25) is 0 Å². The summed E-state index contributed by atoms with van der Waals surface area (Å²) in [6, 6.07) is 2.93. The van der Waals surface area contributed by atoms with Crippen molar-refractivity contribution in [2.24, 2.45) is 5.92 Å². The van der Waals surface area contributed by atoms with Crippen LogP contribution in [0.25, 0.3) is 0 Å². The van der Waals surface area contributed by atoms with E-state index in [1.165, 1.54) is 18.9 Å². The van der Waals surface area contributed by atoms with Crippen LogP contribution in [-0.4, -0.2) is 21.0 Å². The Labute approximate surface area is 123 Å². The van der Waals surface area contributed by atoms with Crippen molar-refractivity contribution in [1.29, 1.82) is 0 Å². The number of carbonyl (C=O) groups is 1. The maximum absolute atomic E-state index is 12.0. The molecule has 0 N–H and O–H groups in total. The fourth-order valence-electron chi connectivity index (χ4n) is 2.12. The molecule has 1 aliphatic carbocycles. The standard InChI is InChI=1S/C14H17ClO4S/c1-9-7-10(2)13(20(15,17)18)8-12(9)14(16)19-6-5-11-3-4-11/h7-8,11H,3-6H2,1-2H3. The van der Waals surface area contributed by atoms with Crippen molar-refractivity contribution >= 4 is 25.7 Å². The largest absolute Gasteiger partial charge is 0.462 e. The third-order valence-electron chi connectivity index (χ3n) is 3.46. The summed E-state index contributed by atoms with van der Waals surface area (Å²) in [6.07, 6.45) is 3.28. The van der Waals surface area contributed by atoms with Crippen LogP contribution in [0.4, 0.5) is 0 Å². The van der Waals surface area contributed by atoms with Gasteiger partial charge in [-0.05, 0) is 43.4 Å². The minimum Gasteiger partial charge on any atom is -0.462 e. The van der Waals surface area contributed by atoms with E-state index in [1.54, 1.807) is 19.9 Å². The molecular formula is C14H17ClO4S. The molecule has 20 heavy (non-hydrogen) atoms. The minimum absolute atomic E-state index is 0.0427. The Bertz CT molecular complexity index is 633. The molecule has 1 aromatic carbocycles. The number of carbonyl (C=O) groups excluding carboxylic acids is 1. The number of halogens is 1. The highest BCUT2D eigenvalue weighted by molar-refractivity contribution is 8.13. The van der Waals surface area contributed by atoms with E-state index >= 15 is 0 Å². The molecule has 0 amide bonds. The minimum atomic E-state index is -3.87. The Morgan fingerprint density at radius 3 is 2.50 bits per heavy atom. The summed E-state index contributed by atoms with van der Waals surface area (Å²) >= 11 is 0. The Balaban J connectivity index is 2.19. The van der Waals surface area contributed by atoms with E-state index in [4.69, 9.17) is 15.4 Å². The zero-order valence-corrected chi connectivity index (χ0v) is 13.1. The predicted octanol–water partition coefficient (Wildman–Crippen LogP) is 3.19. The summed E-state index contributed by atoms with van der Waals surface area (Å²) in [4.78, 5) is 12.0. The average Bonchev–Trinajstić information content (AvgIpc) is 3.11. The summed E-state index contributed by atoms with van der Waals surface area (Å²) in [5.41, 5.74) is 1.46. The van der Waals surface area contributed by atoms with Crippen LogP contribution in [0.1, 0.15) is 40.7 Å². The molecule has 0 aliphatic heterocycles. The van der Waals surface area contributed by atoms with Crippen LogP contribution in [0.15, 0.2) is 17.0 Å². The van der Waals surface area contributed by atoms with Gasteiger partial charge < -0.3 is 4.74 Å². The Kier molecular flexibility index (Phi) is 4.39. The molecule has 110 valence electrons. The van der Waals surface area contributed by atoms with Gasteiger partial charge in [-0.2, -0.15) is 0 Å². The van der Waals surface area contributed by atoms with E-state index in [9.17, 15) is 13.2 Å². The van der Waals surface area contributed by atoms with Crippen LogP contribution in [0.5, 0.6) is 0 Å². The SMILES string of the molecule is Cc1cc(C)c(S(=O)(=O)Cl)cc1C(=O)OCCC1CC1. The van der Waals surface area contributed by atoms with E-state index in [0.29, 0.717) is 23.7 Å². The van der Waals surface area contributed by atoms with Crippen molar-refractivity contribution in [2.45, 2.75) is 38.0 Å². The third kappa shape index (κ3) is 3.73. The molecule has 1 saturated carbocycles. The topological polar surface area (TPSA) is 60.4 Å². The van der Waals surface area contributed by atoms with Gasteiger partial charge in [-0.3, -0.25) is 0 Å². The lowest BCUT2D eigenvalue weighted by Crippen LogP contribution is -2.10. The second kappa shape index (κ2) is 5.74. The second-order valence-electron chi connectivity index (χ2n) is 5.24. The molecular weight excluding hydrogens is 300 g/mol. The monoisotopic (exact) mass is 316 g/mol. The smallest absolute Gasteiger partial charge is 0.338 e. The number of aryl methyl sites for hydroxylation is 2. The zero-order valence-electron chi connectivity index (χ0n) is 11.5. The van der Waals surface area contributed by atoms with Crippen molar-refractivity contribution in [3.63, 3.8) is 0 Å². The van der Waals surface area contributed by atoms with E-state index in [2.05, 4.69) is 0 Å². The highest BCUT2D eigenvalue weighted by Gasteiger charge is 2.23. The van der Waals surface area contributed by atoms with Gasteiger partial charge in [0.15, 0.2) is 0 Å². The van der Waals surface area contributed by atoms with E-state index in [0.717, 1.165) is 6.42 Å². The number of ether oxygens (including phenoxy) is 1. The van der Waals surface area contributed by atoms with Gasteiger partial charge in [0.1, 0.15) is 0 Å². The van der Waals surface area contributed by atoms with Crippen LogP contribution in [0.3, 0.4) is 0 Å². The summed E-state index contributed by atoms with van der Waals surface area (Å²) in [7, 11) is 1.50. The quantitative estimate of drug-likeness (QED) is 0.618. The number of hydrogen-bond acceptors (Lipinski definition) is 4. The van der Waals surface area contributed by atoms with Crippen LogP contribution in [0, 0.1) is 19.8 Å². The highest BCUT2D eigenvalue weighted by Crippen LogP contribution is 2.32. The van der Waals surface area contributed by atoms with Gasteiger partial charge in [-0.15, -0.1) is 0 Å². The van der Waals surface area contributed by atoms with Gasteiger partial charge in [0.2, 0.25) is 0 Å². The fourth-order valence-corrected chi connectivity index (χ4v) is 3.32. The lowest BCUT2D eigenvalue weighted by molar-refractivity contribution is 0.0494. The molecule has 1 aromatic rings. The molecule has 1 fully saturated rings. The molecule has 0 saturated heterocycles. The van der Waals surface area contributed by atoms with E-state index < -0.39 is 15.0 Å². The maximum Gasteiger partial charge on any atom is 0.338 e. The van der Waals surface area contributed by atoms with Crippen molar-refractivity contribution in [1.82, 2.24) is 0 Å². The molecule has 0 spiro atoms.